The second-order valence-corrected chi connectivity index (χ2v) is 11.9. The molecule has 6 atom stereocenters. The summed E-state index contributed by atoms with van der Waals surface area (Å²) < 4.78 is 6.16. The molecule has 2 aliphatic heterocycles. The van der Waals surface area contributed by atoms with Crippen LogP contribution in [0.5, 0.6) is 0 Å². The Morgan fingerprint density at radius 3 is 2.43 bits per heavy atom. The quantitative estimate of drug-likeness (QED) is 0.347. The van der Waals surface area contributed by atoms with E-state index in [2.05, 4.69) is 0 Å². The van der Waals surface area contributed by atoms with E-state index in [4.69, 9.17) is 16.0 Å². The number of likely N-dealkylation sites (tertiary alicyclic amines) is 1. The first-order valence-corrected chi connectivity index (χ1v) is 14.6. The number of anilines is 1. The summed E-state index contributed by atoms with van der Waals surface area (Å²) in [4.78, 5) is 59.0. The van der Waals surface area contributed by atoms with Gasteiger partial charge in [-0.05, 0) is 61.6 Å². The number of benzene rings is 2. The maximum Gasteiger partial charge on any atom is 0.246 e. The third-order valence-corrected chi connectivity index (χ3v) is 9.93. The summed E-state index contributed by atoms with van der Waals surface area (Å²) in [5.74, 6) is -3.60. The number of aliphatic hydroxyl groups excluding tert-OH is 1. The van der Waals surface area contributed by atoms with Crippen molar-refractivity contribution in [3.63, 3.8) is 0 Å². The van der Waals surface area contributed by atoms with Crippen LogP contribution in [0.1, 0.15) is 42.8 Å². The molecule has 0 unspecified atom stereocenters. The number of imide groups is 2. The number of amides is 4. The molecule has 0 bridgehead atoms. The van der Waals surface area contributed by atoms with Gasteiger partial charge in [0.05, 0.1) is 29.4 Å². The third-order valence-electron chi connectivity index (χ3n) is 9.70. The molecule has 3 aromatic rings. The van der Waals surface area contributed by atoms with Gasteiger partial charge in [-0.15, -0.1) is 0 Å². The number of carbonyl (C=O) groups excluding carboxylic acids is 4. The molecule has 7 rings (SSSR count). The highest BCUT2D eigenvalue weighted by Crippen LogP contribution is 2.64. The van der Waals surface area contributed by atoms with Crippen molar-refractivity contribution in [1.82, 2.24) is 4.90 Å². The molecule has 9 heteroatoms. The van der Waals surface area contributed by atoms with E-state index in [0.29, 0.717) is 34.2 Å². The maximum absolute atomic E-state index is 15.0. The van der Waals surface area contributed by atoms with Gasteiger partial charge in [0.2, 0.25) is 23.6 Å². The molecule has 0 spiro atoms. The van der Waals surface area contributed by atoms with Gasteiger partial charge in [0.15, 0.2) is 0 Å². The van der Waals surface area contributed by atoms with Gasteiger partial charge in [0, 0.05) is 11.6 Å². The smallest absolute Gasteiger partial charge is 0.246 e. The highest BCUT2D eigenvalue weighted by Gasteiger charge is 2.70. The van der Waals surface area contributed by atoms with E-state index in [-0.39, 0.29) is 37.3 Å². The summed E-state index contributed by atoms with van der Waals surface area (Å²) in [7, 11) is 0. The van der Waals surface area contributed by atoms with Crippen LogP contribution in [0.2, 0.25) is 5.02 Å². The Kier molecular flexibility index (Phi) is 6.26. The molecule has 0 radical (unpaired) electrons. The van der Waals surface area contributed by atoms with E-state index in [9.17, 15) is 24.3 Å². The second kappa shape index (κ2) is 9.78. The van der Waals surface area contributed by atoms with Gasteiger partial charge in [-0.2, -0.15) is 0 Å². The van der Waals surface area contributed by atoms with Crippen molar-refractivity contribution in [3.8, 4) is 0 Å². The lowest BCUT2D eigenvalue weighted by atomic mass is 9.50. The lowest BCUT2D eigenvalue weighted by molar-refractivity contribution is -0.140. The first-order valence-electron chi connectivity index (χ1n) is 14.3. The Labute approximate surface area is 247 Å². The Morgan fingerprint density at radius 2 is 1.74 bits per heavy atom. The van der Waals surface area contributed by atoms with Gasteiger partial charge in [-0.25, -0.2) is 4.90 Å². The predicted octanol–water partition coefficient (Wildman–Crippen LogP) is 4.61. The van der Waals surface area contributed by atoms with Crippen LogP contribution in [0, 0.1) is 23.7 Å². The Hall–Kier alpha value is -4.01. The summed E-state index contributed by atoms with van der Waals surface area (Å²) >= 11 is 6.31. The minimum absolute atomic E-state index is 0.186. The zero-order valence-corrected chi connectivity index (χ0v) is 23.7. The standard InChI is InChI=1S/C33H29ClN2O6/c1-2-35-29(38)23-13-12-22-24(27(23)31(35)40)16-25-30(39)36(20-10-6-9-19(34)15-20)32(41)33(25,18-7-4-3-5-8-18)28(22)26-14-11-21(17-37)42-26/h3-12,14-15,23-25,27-28,37H,2,13,16-17H2,1H3/t23-,24+,25-,27-,28+,33+/m0/s1. The first-order chi connectivity index (χ1) is 20.3. The Bertz CT molecular complexity index is 1660. The number of furan rings is 1. The molecule has 1 aromatic heterocycles. The van der Waals surface area contributed by atoms with E-state index in [0.717, 1.165) is 5.57 Å². The van der Waals surface area contributed by atoms with Gasteiger partial charge in [0.1, 0.15) is 23.5 Å². The number of hydrogen-bond donors (Lipinski definition) is 1. The number of fused-ring (bicyclic) bond motifs is 4. The molecule has 2 aliphatic carbocycles. The summed E-state index contributed by atoms with van der Waals surface area (Å²) in [6, 6.07) is 19.3. The molecule has 2 aromatic carbocycles. The lowest BCUT2D eigenvalue weighted by Gasteiger charge is -2.49. The van der Waals surface area contributed by atoms with Crippen LogP contribution in [0.3, 0.4) is 0 Å². The lowest BCUT2D eigenvalue weighted by Crippen LogP contribution is -2.53. The Balaban J connectivity index is 1.49. The number of carbonyl (C=O) groups is 4. The molecule has 214 valence electrons. The van der Waals surface area contributed by atoms with Crippen molar-refractivity contribution in [2.75, 3.05) is 11.4 Å². The average molecular weight is 585 g/mol. The molecule has 1 saturated carbocycles. The van der Waals surface area contributed by atoms with Gasteiger partial charge < -0.3 is 9.52 Å². The zero-order valence-electron chi connectivity index (χ0n) is 22.9. The summed E-state index contributed by atoms with van der Waals surface area (Å²) in [5.41, 5.74) is 0.463. The molecular weight excluding hydrogens is 556 g/mol. The minimum Gasteiger partial charge on any atom is -0.463 e. The van der Waals surface area contributed by atoms with Crippen molar-refractivity contribution in [3.05, 3.63) is 100 Å². The van der Waals surface area contributed by atoms with Gasteiger partial charge in [-0.3, -0.25) is 24.1 Å². The van der Waals surface area contributed by atoms with Crippen molar-refractivity contribution in [2.45, 2.75) is 37.7 Å². The van der Waals surface area contributed by atoms with E-state index in [1.807, 2.05) is 36.4 Å². The number of nitrogens with zero attached hydrogens (tertiary/aromatic N) is 2. The van der Waals surface area contributed by atoms with Crippen molar-refractivity contribution in [1.29, 1.82) is 0 Å². The van der Waals surface area contributed by atoms with Crippen LogP contribution >= 0.6 is 11.6 Å². The first kappa shape index (κ1) is 26.9. The molecule has 4 amide bonds. The largest absolute Gasteiger partial charge is 0.463 e. The van der Waals surface area contributed by atoms with Crippen molar-refractivity contribution >= 4 is 40.9 Å². The molecule has 1 N–H and O–H groups in total. The number of rotatable bonds is 5. The average Bonchev–Trinajstić information content (AvgIpc) is 3.64. The van der Waals surface area contributed by atoms with Crippen LogP contribution in [0.15, 0.2) is 82.8 Å². The number of hydrogen-bond acceptors (Lipinski definition) is 6. The summed E-state index contributed by atoms with van der Waals surface area (Å²) in [6.07, 6.45) is 2.57. The van der Waals surface area contributed by atoms with Crippen molar-refractivity contribution in [2.24, 2.45) is 23.7 Å². The van der Waals surface area contributed by atoms with Crippen LogP contribution in [0.4, 0.5) is 5.69 Å². The number of allylic oxidation sites excluding steroid dienone is 2. The fourth-order valence-corrected chi connectivity index (χ4v) is 8.25. The number of aliphatic hydroxyl groups is 1. The van der Waals surface area contributed by atoms with E-state index in [1.165, 1.54) is 9.80 Å². The van der Waals surface area contributed by atoms with Crippen LogP contribution < -0.4 is 4.90 Å². The number of halogens is 1. The normalized spacial score (nSPS) is 30.4. The predicted molar refractivity (Wildman–Crippen MR) is 153 cm³/mol. The van der Waals surface area contributed by atoms with Crippen LogP contribution in [0.25, 0.3) is 0 Å². The minimum atomic E-state index is -1.39. The molecule has 8 nitrogen and oxygen atoms in total. The van der Waals surface area contributed by atoms with Gasteiger partial charge in [-0.1, -0.05) is 59.6 Å². The molecule has 2 saturated heterocycles. The van der Waals surface area contributed by atoms with E-state index < -0.39 is 40.9 Å². The fourth-order valence-electron chi connectivity index (χ4n) is 8.06. The zero-order chi connectivity index (χ0) is 29.3. The summed E-state index contributed by atoms with van der Waals surface area (Å²) in [6.45, 7) is 1.74. The molecule has 3 heterocycles. The highest BCUT2D eigenvalue weighted by molar-refractivity contribution is 6.32. The Morgan fingerprint density at radius 1 is 0.952 bits per heavy atom. The van der Waals surface area contributed by atoms with Gasteiger partial charge >= 0.3 is 0 Å². The fraction of sp³-hybridized carbons (Fsp3) is 0.333. The monoisotopic (exact) mass is 584 g/mol. The maximum atomic E-state index is 15.0. The van der Waals surface area contributed by atoms with E-state index in [1.54, 1.807) is 43.3 Å². The highest BCUT2D eigenvalue weighted by atomic mass is 35.5. The summed E-state index contributed by atoms with van der Waals surface area (Å²) in [5, 5.41) is 10.3. The van der Waals surface area contributed by atoms with E-state index >= 15 is 0 Å². The molecule has 42 heavy (non-hydrogen) atoms. The second-order valence-electron chi connectivity index (χ2n) is 11.5. The van der Waals surface area contributed by atoms with Gasteiger partial charge in [0.25, 0.3) is 0 Å². The SMILES string of the molecule is CCN1C(=O)[C@H]2[C@H](CC=C3[C@H]2C[C@H]2C(=O)N(c4cccc(Cl)c4)C(=O)[C@@]2(c2ccccc2)[C@H]3c2ccc(CO)o2)C1=O. The van der Waals surface area contributed by atoms with Crippen molar-refractivity contribution < 1.29 is 28.7 Å². The molecular formula is C33H29ClN2O6. The van der Waals surface area contributed by atoms with Crippen LogP contribution in [-0.4, -0.2) is 40.2 Å². The van der Waals surface area contributed by atoms with Crippen LogP contribution in [-0.2, 0) is 31.2 Å². The molecule has 4 aliphatic rings. The molecule has 3 fully saturated rings. The topological polar surface area (TPSA) is 108 Å². The third kappa shape index (κ3) is 3.51.